The Morgan fingerprint density at radius 3 is 2.00 bits per heavy atom. The molecule has 0 aliphatic rings. The summed E-state index contributed by atoms with van der Waals surface area (Å²) >= 11 is 4.86. The van der Waals surface area contributed by atoms with Gasteiger partial charge in [0.15, 0.2) is 6.29 Å². The third kappa shape index (κ3) is 5.65. The number of hydrogen-bond donors (Lipinski definition) is 2. The fourth-order valence-electron chi connectivity index (χ4n) is 0.281. The van der Waals surface area contributed by atoms with Gasteiger partial charge in [-0.05, 0) is 0 Å². The van der Waals surface area contributed by atoms with Crippen molar-refractivity contribution in [3.05, 3.63) is 0 Å². The fraction of sp³-hybridized carbons (Fsp3) is 1.00. The summed E-state index contributed by atoms with van der Waals surface area (Å²) in [5, 5.41) is 9.08. The molecule has 0 aliphatic heterocycles. The Balaban J connectivity index is 4.10. The number of aliphatic hydroxyl groups is 1. The van der Waals surface area contributed by atoms with E-state index in [1.165, 1.54) is 0 Å². The van der Waals surface area contributed by atoms with Crippen molar-refractivity contribution in [2.75, 3.05) is 0 Å². The standard InChI is InChI=1S/C5H12ClO4P/c1-5(2,3)4(7)10-11(6,8)9/h4,7H,1-3H3,(H,8,9). The molecule has 0 heterocycles. The molecule has 0 amide bonds. The lowest BCUT2D eigenvalue weighted by Crippen LogP contribution is -2.27. The third-order valence-electron chi connectivity index (χ3n) is 0.971. The Kier molecular flexibility index (Phi) is 3.54. The molecule has 4 nitrogen and oxygen atoms in total. The van der Waals surface area contributed by atoms with E-state index in [1.807, 2.05) is 0 Å². The van der Waals surface area contributed by atoms with Crippen molar-refractivity contribution < 1.29 is 19.1 Å². The number of rotatable bonds is 2. The number of hydrogen-bond acceptors (Lipinski definition) is 3. The first-order chi connectivity index (χ1) is 4.63. The van der Waals surface area contributed by atoms with Gasteiger partial charge in [0, 0.05) is 16.7 Å². The summed E-state index contributed by atoms with van der Waals surface area (Å²) in [4.78, 5) is 8.49. The molecule has 0 aromatic heterocycles. The van der Waals surface area contributed by atoms with Crippen LogP contribution in [0, 0.1) is 5.41 Å². The number of halogens is 1. The van der Waals surface area contributed by atoms with E-state index in [0.29, 0.717) is 0 Å². The first-order valence-electron chi connectivity index (χ1n) is 3.02. The second-order valence-corrected chi connectivity index (χ2v) is 5.67. The number of aliphatic hydroxyl groups excluding tert-OH is 1. The minimum Gasteiger partial charge on any atom is -0.367 e. The third-order valence-corrected chi connectivity index (χ3v) is 1.67. The fourth-order valence-corrected chi connectivity index (χ4v) is 1.07. The summed E-state index contributed by atoms with van der Waals surface area (Å²) in [5.41, 5.74) is -0.618. The molecule has 2 atom stereocenters. The second kappa shape index (κ2) is 3.42. The minimum absolute atomic E-state index is 0.618. The van der Waals surface area contributed by atoms with Gasteiger partial charge in [-0.25, -0.2) is 4.57 Å². The van der Waals surface area contributed by atoms with Gasteiger partial charge in [-0.1, -0.05) is 20.8 Å². The Bertz CT molecular complexity index is 170. The maximum atomic E-state index is 10.4. The first-order valence-corrected chi connectivity index (χ1v) is 5.50. The lowest BCUT2D eigenvalue weighted by molar-refractivity contribution is -0.0953. The SMILES string of the molecule is CC(C)(C)C(O)OP(=O)(O)Cl. The zero-order valence-electron chi connectivity index (χ0n) is 6.61. The maximum absolute atomic E-state index is 10.4. The molecule has 2 unspecified atom stereocenters. The van der Waals surface area contributed by atoms with Gasteiger partial charge in [0.1, 0.15) is 0 Å². The summed E-state index contributed by atoms with van der Waals surface area (Å²) in [6, 6.07) is 0. The predicted molar refractivity (Wildman–Crippen MR) is 42.2 cm³/mol. The molecule has 0 saturated heterocycles. The molecule has 0 aliphatic carbocycles. The molecule has 0 aromatic carbocycles. The highest BCUT2D eigenvalue weighted by Gasteiger charge is 2.29. The molecule has 0 radical (unpaired) electrons. The van der Waals surface area contributed by atoms with Gasteiger partial charge >= 0.3 is 6.95 Å². The maximum Gasteiger partial charge on any atom is 0.423 e. The summed E-state index contributed by atoms with van der Waals surface area (Å²) in [7, 11) is 0. The van der Waals surface area contributed by atoms with Crippen LogP contribution in [-0.2, 0) is 9.09 Å². The second-order valence-electron chi connectivity index (χ2n) is 3.28. The molecule has 0 rings (SSSR count). The van der Waals surface area contributed by atoms with E-state index in [4.69, 9.17) is 21.2 Å². The first kappa shape index (κ1) is 11.4. The predicted octanol–water partition coefficient (Wildman–Crippen LogP) is 1.71. The van der Waals surface area contributed by atoms with Gasteiger partial charge in [-0.3, -0.25) is 4.52 Å². The normalized spacial score (nSPS) is 20.9. The van der Waals surface area contributed by atoms with Crippen LogP contribution in [0.3, 0.4) is 0 Å². The van der Waals surface area contributed by atoms with Crippen molar-refractivity contribution >= 4 is 18.2 Å². The quantitative estimate of drug-likeness (QED) is 0.528. The topological polar surface area (TPSA) is 66.8 Å². The molecule has 6 heteroatoms. The van der Waals surface area contributed by atoms with Crippen molar-refractivity contribution in [2.24, 2.45) is 5.41 Å². The summed E-state index contributed by atoms with van der Waals surface area (Å²) in [6.45, 7) is 0.875. The molecule has 0 aromatic rings. The lowest BCUT2D eigenvalue weighted by atomic mass is 9.96. The van der Waals surface area contributed by atoms with E-state index in [0.717, 1.165) is 0 Å². The Morgan fingerprint density at radius 2 is 1.91 bits per heavy atom. The molecule has 2 N–H and O–H groups in total. The van der Waals surface area contributed by atoms with Crippen molar-refractivity contribution in [2.45, 2.75) is 27.1 Å². The molecule has 68 valence electrons. The molecule has 11 heavy (non-hydrogen) atoms. The van der Waals surface area contributed by atoms with Gasteiger partial charge in [-0.15, -0.1) is 0 Å². The molecule has 0 bridgehead atoms. The smallest absolute Gasteiger partial charge is 0.367 e. The van der Waals surface area contributed by atoms with E-state index in [-0.39, 0.29) is 0 Å². The molecule has 0 fully saturated rings. The van der Waals surface area contributed by atoms with Crippen LogP contribution in [0.5, 0.6) is 0 Å². The van der Waals surface area contributed by atoms with Gasteiger partial charge < -0.3 is 10.00 Å². The van der Waals surface area contributed by atoms with Gasteiger partial charge in [0.25, 0.3) is 0 Å². The molecule has 0 spiro atoms. The van der Waals surface area contributed by atoms with Crippen molar-refractivity contribution in [1.82, 2.24) is 0 Å². The van der Waals surface area contributed by atoms with E-state index < -0.39 is 18.7 Å². The lowest BCUT2D eigenvalue weighted by Gasteiger charge is -2.25. The largest absolute Gasteiger partial charge is 0.423 e. The Labute approximate surface area is 70.5 Å². The Morgan fingerprint density at radius 1 is 1.55 bits per heavy atom. The average molecular weight is 203 g/mol. The zero-order valence-corrected chi connectivity index (χ0v) is 8.26. The van der Waals surface area contributed by atoms with Crippen molar-refractivity contribution in [3.63, 3.8) is 0 Å². The minimum atomic E-state index is -4.10. The average Bonchev–Trinajstić information content (AvgIpc) is 1.56. The summed E-state index contributed by atoms with van der Waals surface area (Å²) in [6.07, 6.45) is -1.34. The van der Waals surface area contributed by atoms with E-state index in [9.17, 15) is 4.57 Å². The van der Waals surface area contributed by atoms with Gasteiger partial charge in [-0.2, -0.15) is 0 Å². The molecule has 0 saturated carbocycles. The summed E-state index contributed by atoms with van der Waals surface area (Å²) < 4.78 is 14.6. The van der Waals surface area contributed by atoms with Gasteiger partial charge in [0.2, 0.25) is 0 Å². The van der Waals surface area contributed by atoms with Crippen LogP contribution in [0.4, 0.5) is 0 Å². The van der Waals surface area contributed by atoms with Crippen LogP contribution in [-0.4, -0.2) is 16.3 Å². The van der Waals surface area contributed by atoms with E-state index in [2.05, 4.69) is 4.52 Å². The van der Waals surface area contributed by atoms with Crippen LogP contribution in [0.1, 0.15) is 20.8 Å². The van der Waals surface area contributed by atoms with Crippen LogP contribution in [0.15, 0.2) is 0 Å². The molecular weight excluding hydrogens is 190 g/mol. The van der Waals surface area contributed by atoms with Crippen molar-refractivity contribution in [3.8, 4) is 0 Å². The van der Waals surface area contributed by atoms with Gasteiger partial charge in [0.05, 0.1) is 0 Å². The van der Waals surface area contributed by atoms with E-state index in [1.54, 1.807) is 20.8 Å². The highest BCUT2D eigenvalue weighted by Crippen LogP contribution is 2.50. The zero-order chi connectivity index (χ0) is 9.28. The van der Waals surface area contributed by atoms with Crippen LogP contribution >= 0.6 is 18.2 Å². The molecular formula is C5H12ClO4P. The monoisotopic (exact) mass is 202 g/mol. The van der Waals surface area contributed by atoms with Crippen LogP contribution < -0.4 is 0 Å². The van der Waals surface area contributed by atoms with Crippen LogP contribution in [0.25, 0.3) is 0 Å². The van der Waals surface area contributed by atoms with Crippen LogP contribution in [0.2, 0.25) is 0 Å². The van der Waals surface area contributed by atoms with Crippen molar-refractivity contribution in [1.29, 1.82) is 0 Å². The Hall–Kier alpha value is 0.400. The van der Waals surface area contributed by atoms with E-state index >= 15 is 0 Å². The highest BCUT2D eigenvalue weighted by molar-refractivity contribution is 7.80. The highest BCUT2D eigenvalue weighted by atomic mass is 35.7. The summed E-state index contributed by atoms with van der Waals surface area (Å²) in [5.74, 6) is 0.